The van der Waals surface area contributed by atoms with E-state index in [2.05, 4.69) is 33.0 Å². The SMILES string of the molecule is CN1CCCC1COc1nc(N2CCN(C(=O)O)C(CC#N)C2)c2[nH]ccc2n1. The number of fused-ring (bicyclic) bond motifs is 1. The van der Waals surface area contributed by atoms with Crippen LogP contribution in [0.1, 0.15) is 19.3 Å². The number of hydrogen-bond donors (Lipinski definition) is 2. The second kappa shape index (κ2) is 8.13. The largest absolute Gasteiger partial charge is 0.465 e. The molecule has 2 saturated heterocycles. The molecule has 2 atom stereocenters. The molecule has 2 N–H and O–H groups in total. The van der Waals surface area contributed by atoms with E-state index < -0.39 is 12.1 Å². The van der Waals surface area contributed by atoms with Crippen molar-refractivity contribution in [1.82, 2.24) is 24.8 Å². The quantitative estimate of drug-likeness (QED) is 0.776. The zero-order valence-electron chi connectivity index (χ0n) is 16.4. The monoisotopic (exact) mass is 399 g/mol. The normalized spacial score (nSPS) is 22.8. The number of nitriles is 1. The highest BCUT2D eigenvalue weighted by atomic mass is 16.5. The molecule has 0 radical (unpaired) electrons. The second-order valence-corrected chi connectivity index (χ2v) is 7.59. The number of carbonyl (C=O) groups is 1. The van der Waals surface area contributed by atoms with E-state index in [0.717, 1.165) is 24.0 Å². The van der Waals surface area contributed by atoms with Crippen LogP contribution in [0.25, 0.3) is 11.0 Å². The molecule has 2 unspecified atom stereocenters. The molecule has 1 amide bonds. The summed E-state index contributed by atoms with van der Waals surface area (Å²) in [6, 6.07) is 4.25. The van der Waals surface area contributed by atoms with E-state index in [1.807, 2.05) is 11.0 Å². The Morgan fingerprint density at radius 3 is 2.97 bits per heavy atom. The Labute approximate surface area is 168 Å². The zero-order chi connectivity index (χ0) is 20.4. The standard InChI is InChI=1S/C19H25N7O3/c1-24-8-2-3-14(24)12-29-18-22-15-5-7-21-16(15)17(23-18)25-9-10-26(19(27)28)13(11-25)4-6-20/h5,7,13-14,21H,2-4,8-12H2,1H3,(H,27,28). The summed E-state index contributed by atoms with van der Waals surface area (Å²) in [6.07, 6.45) is 3.21. The van der Waals surface area contributed by atoms with Crippen molar-refractivity contribution in [2.24, 2.45) is 0 Å². The first-order valence-corrected chi connectivity index (χ1v) is 9.86. The molecule has 2 fully saturated rings. The van der Waals surface area contributed by atoms with E-state index in [1.165, 1.54) is 11.3 Å². The van der Waals surface area contributed by atoms with Crippen LogP contribution in [0.3, 0.4) is 0 Å². The second-order valence-electron chi connectivity index (χ2n) is 7.59. The number of nitrogens with one attached hydrogen (secondary N) is 1. The van der Waals surface area contributed by atoms with Crippen molar-refractivity contribution < 1.29 is 14.6 Å². The number of aromatic nitrogens is 3. The van der Waals surface area contributed by atoms with Gasteiger partial charge in [0, 0.05) is 31.9 Å². The summed E-state index contributed by atoms with van der Waals surface area (Å²) in [6.45, 7) is 2.82. The molecule has 0 bridgehead atoms. The van der Waals surface area contributed by atoms with E-state index in [4.69, 9.17) is 10.00 Å². The average Bonchev–Trinajstić information content (AvgIpc) is 3.34. The maximum Gasteiger partial charge on any atom is 0.407 e. The Balaban J connectivity index is 1.57. The van der Waals surface area contributed by atoms with Gasteiger partial charge < -0.3 is 29.5 Å². The fourth-order valence-electron chi connectivity index (χ4n) is 4.14. The van der Waals surface area contributed by atoms with Crippen molar-refractivity contribution in [3.8, 4) is 12.1 Å². The topological polar surface area (TPSA) is 122 Å². The Hall–Kier alpha value is -3.06. The Morgan fingerprint density at radius 1 is 1.38 bits per heavy atom. The molecule has 2 aromatic rings. The molecule has 10 nitrogen and oxygen atoms in total. The van der Waals surface area contributed by atoms with E-state index in [9.17, 15) is 9.90 Å². The number of hydrogen-bond acceptors (Lipinski definition) is 7. The molecule has 10 heteroatoms. The third-order valence-corrected chi connectivity index (χ3v) is 5.80. The molecule has 4 rings (SSSR count). The van der Waals surface area contributed by atoms with Crippen molar-refractivity contribution in [2.75, 3.05) is 44.7 Å². The number of aromatic amines is 1. The molecule has 154 valence electrons. The average molecular weight is 399 g/mol. The van der Waals surface area contributed by atoms with Crippen LogP contribution >= 0.6 is 0 Å². The van der Waals surface area contributed by atoms with Crippen molar-refractivity contribution in [3.05, 3.63) is 12.3 Å². The first kappa shape index (κ1) is 19.3. The van der Waals surface area contributed by atoms with Crippen molar-refractivity contribution in [3.63, 3.8) is 0 Å². The molecule has 0 aromatic carbocycles. The number of likely N-dealkylation sites (tertiary alicyclic amines) is 1. The molecule has 4 heterocycles. The van der Waals surface area contributed by atoms with Gasteiger partial charge in [-0.2, -0.15) is 15.2 Å². The molecule has 29 heavy (non-hydrogen) atoms. The van der Waals surface area contributed by atoms with Gasteiger partial charge in [-0.3, -0.25) is 0 Å². The Morgan fingerprint density at radius 2 is 2.24 bits per heavy atom. The Kier molecular flexibility index (Phi) is 5.40. The molecule has 2 aliphatic rings. The number of rotatable bonds is 5. The van der Waals surface area contributed by atoms with Gasteiger partial charge in [-0.05, 0) is 32.5 Å². The van der Waals surface area contributed by atoms with Crippen LogP contribution in [-0.4, -0.2) is 87.9 Å². The van der Waals surface area contributed by atoms with Crippen molar-refractivity contribution >= 4 is 22.9 Å². The third kappa shape index (κ3) is 3.91. The summed E-state index contributed by atoms with van der Waals surface area (Å²) >= 11 is 0. The van der Waals surface area contributed by atoms with E-state index in [0.29, 0.717) is 44.1 Å². The van der Waals surface area contributed by atoms with Crippen LogP contribution in [0, 0.1) is 11.3 Å². The van der Waals surface area contributed by atoms with Crippen LogP contribution in [0.4, 0.5) is 10.6 Å². The number of piperazine rings is 1. The molecule has 0 saturated carbocycles. The summed E-state index contributed by atoms with van der Waals surface area (Å²) in [7, 11) is 2.10. The third-order valence-electron chi connectivity index (χ3n) is 5.80. The highest BCUT2D eigenvalue weighted by molar-refractivity contribution is 5.86. The number of nitrogens with zero attached hydrogens (tertiary/aromatic N) is 6. The van der Waals surface area contributed by atoms with Gasteiger partial charge in [-0.1, -0.05) is 0 Å². The van der Waals surface area contributed by atoms with Gasteiger partial charge in [-0.15, -0.1) is 0 Å². The lowest BCUT2D eigenvalue weighted by Crippen LogP contribution is -2.55. The van der Waals surface area contributed by atoms with Gasteiger partial charge in [0.2, 0.25) is 0 Å². The Bertz CT molecular complexity index is 924. The summed E-state index contributed by atoms with van der Waals surface area (Å²) in [4.78, 5) is 29.4. The van der Waals surface area contributed by atoms with E-state index in [-0.39, 0.29) is 6.42 Å². The number of carboxylic acid groups (broad SMARTS) is 1. The summed E-state index contributed by atoms with van der Waals surface area (Å²) in [5.74, 6) is 0.683. The van der Waals surface area contributed by atoms with Gasteiger partial charge in [0.25, 0.3) is 0 Å². The predicted molar refractivity (Wildman–Crippen MR) is 106 cm³/mol. The first-order valence-electron chi connectivity index (χ1n) is 9.86. The summed E-state index contributed by atoms with van der Waals surface area (Å²) in [5.41, 5.74) is 1.54. The van der Waals surface area contributed by atoms with Crippen LogP contribution in [-0.2, 0) is 0 Å². The highest BCUT2D eigenvalue weighted by Crippen LogP contribution is 2.28. The van der Waals surface area contributed by atoms with Crippen molar-refractivity contribution in [1.29, 1.82) is 5.26 Å². The smallest absolute Gasteiger partial charge is 0.407 e. The lowest BCUT2D eigenvalue weighted by atomic mass is 10.1. The summed E-state index contributed by atoms with van der Waals surface area (Å²) in [5, 5.41) is 18.5. The minimum absolute atomic E-state index is 0.138. The maximum atomic E-state index is 11.5. The lowest BCUT2D eigenvalue weighted by Gasteiger charge is -2.39. The first-order chi connectivity index (χ1) is 14.1. The number of anilines is 1. The molecular formula is C19H25N7O3. The van der Waals surface area contributed by atoms with Gasteiger partial charge in [0.05, 0.1) is 24.0 Å². The maximum absolute atomic E-state index is 11.5. The molecule has 2 aromatic heterocycles. The van der Waals surface area contributed by atoms with Gasteiger partial charge in [0.15, 0.2) is 5.82 Å². The minimum Gasteiger partial charge on any atom is -0.465 e. The predicted octanol–water partition coefficient (Wildman–Crippen LogP) is 1.51. The van der Waals surface area contributed by atoms with E-state index in [1.54, 1.807) is 6.20 Å². The van der Waals surface area contributed by atoms with Crippen LogP contribution in [0.2, 0.25) is 0 Å². The fourth-order valence-corrected chi connectivity index (χ4v) is 4.14. The number of likely N-dealkylation sites (N-methyl/N-ethyl adjacent to an activating group) is 1. The van der Waals surface area contributed by atoms with Gasteiger partial charge in [-0.25, -0.2) is 4.79 Å². The number of amides is 1. The number of ether oxygens (including phenoxy) is 1. The van der Waals surface area contributed by atoms with Gasteiger partial charge in [0.1, 0.15) is 12.1 Å². The van der Waals surface area contributed by atoms with E-state index >= 15 is 0 Å². The zero-order valence-corrected chi connectivity index (χ0v) is 16.4. The van der Waals surface area contributed by atoms with Crippen LogP contribution < -0.4 is 9.64 Å². The summed E-state index contributed by atoms with van der Waals surface area (Å²) < 4.78 is 5.94. The molecule has 0 aliphatic carbocycles. The van der Waals surface area contributed by atoms with Crippen molar-refractivity contribution in [2.45, 2.75) is 31.3 Å². The van der Waals surface area contributed by atoms with Crippen LogP contribution in [0.15, 0.2) is 12.3 Å². The minimum atomic E-state index is -0.998. The molecular weight excluding hydrogens is 374 g/mol. The van der Waals surface area contributed by atoms with Gasteiger partial charge >= 0.3 is 12.1 Å². The van der Waals surface area contributed by atoms with Crippen LogP contribution in [0.5, 0.6) is 6.01 Å². The number of H-pyrrole nitrogens is 1. The lowest BCUT2D eigenvalue weighted by molar-refractivity contribution is 0.119. The molecule has 2 aliphatic heterocycles. The fraction of sp³-hybridized carbons (Fsp3) is 0.579. The molecule has 0 spiro atoms. The highest BCUT2D eigenvalue weighted by Gasteiger charge is 2.32.